The van der Waals surface area contributed by atoms with Gasteiger partial charge in [-0.1, -0.05) is 91.4 Å². The number of benzene rings is 3. The van der Waals surface area contributed by atoms with Gasteiger partial charge in [-0.3, -0.25) is 4.99 Å². The van der Waals surface area contributed by atoms with Crippen LogP contribution in [0.25, 0.3) is 17.2 Å². The van der Waals surface area contributed by atoms with Crippen LogP contribution in [0.3, 0.4) is 0 Å². The summed E-state index contributed by atoms with van der Waals surface area (Å²) in [5.74, 6) is 0.0329. The van der Waals surface area contributed by atoms with E-state index in [9.17, 15) is 5.11 Å². The van der Waals surface area contributed by atoms with Gasteiger partial charge in [-0.2, -0.15) is 0 Å². The summed E-state index contributed by atoms with van der Waals surface area (Å²) < 4.78 is 0.658. The van der Waals surface area contributed by atoms with Gasteiger partial charge in [0.2, 0.25) is 0 Å². The third-order valence-corrected chi connectivity index (χ3v) is 16.4. The summed E-state index contributed by atoms with van der Waals surface area (Å²) in [6.07, 6.45) is 10.5. The second-order valence-corrected chi connectivity index (χ2v) is 24.3. The standard InChI is InChI=1S/C22H25.C14H21ClO.C11H13NSi.Zr/c1-5-7-16-14-18-8-6-9-20(21(18)15-16)17-10-12-19(13-11-17)22(2,3)4;1-13(2,3)9-7-8-10(16)11(12(9)15)14(4,5)6;1-4-7-11-10-8(12-7)5-6-9(10)13(11,2)3;/h6,8-15H,5,7H2,1-4H3;7-8,16H,1-6H3;5-6H,4H2,1-3H3;/q;;;+1/p-1. The quantitative estimate of drug-likeness (QED) is 0.242. The van der Waals surface area contributed by atoms with Crippen LogP contribution in [-0.4, -0.2) is 13.8 Å². The molecule has 0 amide bonds. The minimum absolute atomic E-state index is 0.0329. The maximum absolute atomic E-state index is 11.9. The Bertz CT molecular complexity index is 2020. The van der Waals surface area contributed by atoms with Gasteiger partial charge in [-0.05, 0) is 44.8 Å². The molecule has 3 aromatic rings. The topological polar surface area (TPSA) is 35.4 Å². The molecule has 0 saturated heterocycles. The summed E-state index contributed by atoms with van der Waals surface area (Å²) in [6.45, 7) is 28.5. The summed E-state index contributed by atoms with van der Waals surface area (Å²) in [4.78, 5) is 4.67. The van der Waals surface area contributed by atoms with Crippen LogP contribution in [0.15, 0.2) is 99.0 Å². The SMILES string of the molecule is CC(C)(C)c1ccc([O-])c(C(C)(C)C)c1Cl.CCC1=NC2=CC=C3C2=C1[Si]3(C)C.CCCC1=Cc2c(-c3ccc(C(C)(C)C)cc3)cccc2[CH]1[Zr+]. The molecule has 2 heterocycles. The fraction of sp³-hybridized carbons (Fsp3) is 0.426. The Balaban J connectivity index is 0.000000158. The van der Waals surface area contributed by atoms with Crippen molar-refractivity contribution < 1.29 is 29.8 Å². The molecule has 2 nitrogen and oxygen atoms in total. The van der Waals surface area contributed by atoms with Crippen LogP contribution in [0.1, 0.15) is 127 Å². The van der Waals surface area contributed by atoms with Crippen LogP contribution in [0.4, 0.5) is 0 Å². The number of rotatable bonds is 4. The Hall–Kier alpha value is -2.52. The van der Waals surface area contributed by atoms with Crippen molar-refractivity contribution >= 4 is 31.5 Å². The van der Waals surface area contributed by atoms with Crippen molar-refractivity contribution in [2.45, 2.75) is 128 Å². The van der Waals surface area contributed by atoms with Gasteiger partial charge in [0.05, 0.1) is 5.70 Å². The fourth-order valence-corrected chi connectivity index (χ4v) is 13.1. The average Bonchev–Trinajstić information content (AvgIpc) is 3.69. The number of fused-ring (bicyclic) bond motifs is 1. The molecule has 0 spiro atoms. The third kappa shape index (κ3) is 7.83. The molecule has 0 fully saturated rings. The van der Waals surface area contributed by atoms with Crippen LogP contribution in [0.5, 0.6) is 5.75 Å². The zero-order valence-electron chi connectivity index (χ0n) is 33.9. The number of allylic oxidation sites excluding steroid dienone is 5. The molecule has 7 rings (SSSR count). The Morgan fingerprint density at radius 2 is 1.48 bits per heavy atom. The van der Waals surface area contributed by atoms with E-state index in [1.807, 2.05) is 26.8 Å². The van der Waals surface area contributed by atoms with Gasteiger partial charge in [0.1, 0.15) is 8.07 Å². The predicted molar refractivity (Wildman–Crippen MR) is 223 cm³/mol. The predicted octanol–water partition coefficient (Wildman–Crippen LogP) is 13.2. The first kappa shape index (κ1) is 40.7. The van der Waals surface area contributed by atoms with E-state index in [0.717, 1.165) is 17.5 Å². The molecule has 0 aromatic heterocycles. The van der Waals surface area contributed by atoms with E-state index >= 15 is 0 Å². The van der Waals surface area contributed by atoms with Gasteiger partial charge < -0.3 is 5.11 Å². The molecular formula is C47H58ClNOSiZr. The zero-order valence-corrected chi connectivity index (χ0v) is 38.1. The molecule has 3 aromatic carbocycles. The number of hydrogen-bond donors (Lipinski definition) is 0. The molecule has 0 bridgehead atoms. The third-order valence-electron chi connectivity index (χ3n) is 10.8. The zero-order chi connectivity index (χ0) is 38.6. The summed E-state index contributed by atoms with van der Waals surface area (Å²) in [6, 6.07) is 19.5. The van der Waals surface area contributed by atoms with Crippen molar-refractivity contribution in [2.24, 2.45) is 4.99 Å². The van der Waals surface area contributed by atoms with E-state index in [-0.39, 0.29) is 22.0 Å². The van der Waals surface area contributed by atoms with Gasteiger partial charge in [0.15, 0.2) is 0 Å². The van der Waals surface area contributed by atoms with Crippen molar-refractivity contribution in [3.8, 4) is 16.9 Å². The Kier molecular flexibility index (Phi) is 11.7. The number of nitrogens with zero attached hydrogens (tertiary/aromatic N) is 1. The summed E-state index contributed by atoms with van der Waals surface area (Å²) in [7, 11) is -1.19. The maximum atomic E-state index is 11.9. The minimum atomic E-state index is -1.19. The summed E-state index contributed by atoms with van der Waals surface area (Å²) >= 11 is 7.99. The molecule has 52 heavy (non-hydrogen) atoms. The van der Waals surface area contributed by atoms with Crippen molar-refractivity contribution in [3.05, 3.63) is 127 Å². The van der Waals surface area contributed by atoms with Gasteiger partial charge >= 0.3 is 156 Å². The van der Waals surface area contributed by atoms with Crippen LogP contribution >= 0.6 is 11.6 Å². The molecule has 4 aliphatic rings. The Morgan fingerprint density at radius 1 is 0.827 bits per heavy atom. The average molecular weight is 808 g/mol. The number of hydrogen-bond acceptors (Lipinski definition) is 2. The molecule has 2 aliphatic heterocycles. The normalized spacial score (nSPS) is 18.1. The van der Waals surface area contributed by atoms with Crippen LogP contribution in [0.2, 0.25) is 18.1 Å². The van der Waals surface area contributed by atoms with Crippen LogP contribution < -0.4 is 5.11 Å². The van der Waals surface area contributed by atoms with Gasteiger partial charge in [0, 0.05) is 16.3 Å². The molecule has 0 saturated carbocycles. The first-order chi connectivity index (χ1) is 24.1. The molecule has 0 N–H and O–H groups in total. The van der Waals surface area contributed by atoms with E-state index in [1.165, 1.54) is 57.6 Å². The van der Waals surface area contributed by atoms with Gasteiger partial charge in [-0.15, -0.1) is 5.75 Å². The number of halogens is 1. The Labute approximate surface area is 336 Å². The molecule has 1 unspecified atom stereocenters. The fourth-order valence-electron chi connectivity index (χ4n) is 7.90. The van der Waals surface area contributed by atoms with E-state index in [4.69, 9.17) is 11.6 Å². The molecule has 1 atom stereocenters. The van der Waals surface area contributed by atoms with E-state index in [2.05, 4.69) is 134 Å². The van der Waals surface area contributed by atoms with Gasteiger partial charge in [-0.25, -0.2) is 0 Å². The van der Waals surface area contributed by atoms with Crippen LogP contribution in [0, 0.1) is 0 Å². The summed E-state index contributed by atoms with van der Waals surface area (Å²) in [5, 5.41) is 15.8. The molecule has 0 radical (unpaired) electrons. The van der Waals surface area contributed by atoms with Crippen molar-refractivity contribution in [1.29, 1.82) is 0 Å². The first-order valence-corrected chi connectivity index (χ1v) is 23.8. The molecule has 5 heteroatoms. The summed E-state index contributed by atoms with van der Waals surface area (Å²) in [5.41, 5.74) is 14.6. The van der Waals surface area contributed by atoms with E-state index in [0.29, 0.717) is 8.65 Å². The second kappa shape index (κ2) is 15.0. The molecule has 2 aliphatic carbocycles. The van der Waals surface area contributed by atoms with Gasteiger partial charge in [0.25, 0.3) is 0 Å². The van der Waals surface area contributed by atoms with Crippen molar-refractivity contribution in [1.82, 2.24) is 0 Å². The van der Waals surface area contributed by atoms with E-state index < -0.39 is 8.07 Å². The molecular weight excluding hydrogens is 749 g/mol. The Morgan fingerprint density at radius 3 is 2.04 bits per heavy atom. The van der Waals surface area contributed by atoms with Crippen LogP contribution in [-0.2, 0) is 41.0 Å². The van der Waals surface area contributed by atoms with Crippen molar-refractivity contribution in [3.63, 3.8) is 0 Å². The number of aliphatic imine (C=N–C) groups is 1. The van der Waals surface area contributed by atoms with E-state index in [1.54, 1.807) is 46.8 Å². The molecule has 272 valence electrons. The van der Waals surface area contributed by atoms with Crippen molar-refractivity contribution in [2.75, 3.05) is 0 Å². The second-order valence-electron chi connectivity index (χ2n) is 18.3. The monoisotopic (exact) mass is 805 g/mol. The first-order valence-electron chi connectivity index (χ1n) is 19.0.